The number of amides is 5. The summed E-state index contributed by atoms with van der Waals surface area (Å²) in [4.78, 5) is 47.3. The van der Waals surface area contributed by atoms with Crippen molar-refractivity contribution >= 4 is 35.0 Å². The first-order chi connectivity index (χ1) is 26.4. The van der Waals surface area contributed by atoms with E-state index >= 15 is 0 Å². The van der Waals surface area contributed by atoms with Crippen LogP contribution in [0.25, 0.3) is 0 Å². The maximum absolute atomic E-state index is 13.0. The molecule has 4 aliphatic rings. The van der Waals surface area contributed by atoms with E-state index in [-0.39, 0.29) is 23.9 Å². The number of fused-ring (bicyclic) bond motifs is 1. The Kier molecular flexibility index (Phi) is 10.4. The van der Waals surface area contributed by atoms with Crippen LogP contribution in [0.1, 0.15) is 46.9 Å². The number of phenols is 1. The van der Waals surface area contributed by atoms with Crippen molar-refractivity contribution in [3.05, 3.63) is 119 Å². The number of piperazine rings is 2. The Hall–Kier alpha value is -5.55. The van der Waals surface area contributed by atoms with Gasteiger partial charge in [0.05, 0.1) is 0 Å². The largest absolute Gasteiger partial charge is 0.508 e. The third-order valence-corrected chi connectivity index (χ3v) is 11.7. The van der Waals surface area contributed by atoms with Crippen LogP contribution in [0.3, 0.4) is 0 Å². The molecule has 4 aromatic carbocycles. The Morgan fingerprint density at radius 3 is 2.04 bits per heavy atom. The summed E-state index contributed by atoms with van der Waals surface area (Å²) in [6, 6.07) is 33.3. The van der Waals surface area contributed by atoms with Gasteiger partial charge in [-0.05, 0) is 89.5 Å². The van der Waals surface area contributed by atoms with E-state index in [1.165, 1.54) is 27.9 Å². The molecule has 5 amide bonds. The van der Waals surface area contributed by atoms with E-state index in [9.17, 15) is 19.5 Å². The molecule has 3 aliphatic heterocycles. The van der Waals surface area contributed by atoms with E-state index in [1.54, 1.807) is 4.90 Å². The van der Waals surface area contributed by atoms with E-state index in [4.69, 9.17) is 0 Å². The molecule has 0 unspecified atom stereocenters. The summed E-state index contributed by atoms with van der Waals surface area (Å²) in [5.41, 5.74) is 8.30. The molecular weight excluding hydrogens is 679 g/mol. The van der Waals surface area contributed by atoms with E-state index < -0.39 is 0 Å². The molecule has 0 aromatic heterocycles. The van der Waals surface area contributed by atoms with Gasteiger partial charge in [-0.3, -0.25) is 19.9 Å². The number of aromatic hydroxyl groups is 1. The van der Waals surface area contributed by atoms with E-state index in [1.807, 2.05) is 41.3 Å². The Labute approximate surface area is 317 Å². The number of imide groups is 1. The van der Waals surface area contributed by atoms with Crippen molar-refractivity contribution in [1.82, 2.24) is 20.4 Å². The summed E-state index contributed by atoms with van der Waals surface area (Å²) in [5.74, 6) is 0.728. The molecule has 0 saturated carbocycles. The molecule has 0 bridgehead atoms. The van der Waals surface area contributed by atoms with Gasteiger partial charge in [0.25, 0.3) is 0 Å². The van der Waals surface area contributed by atoms with E-state index in [2.05, 4.69) is 86.0 Å². The predicted molar refractivity (Wildman–Crippen MR) is 212 cm³/mol. The van der Waals surface area contributed by atoms with E-state index in [0.29, 0.717) is 44.3 Å². The van der Waals surface area contributed by atoms with Gasteiger partial charge in [-0.2, -0.15) is 0 Å². The monoisotopic (exact) mass is 727 g/mol. The average molecular weight is 728 g/mol. The zero-order valence-corrected chi connectivity index (χ0v) is 30.7. The minimum atomic E-state index is -0.384. The van der Waals surface area contributed by atoms with Gasteiger partial charge in [-0.25, -0.2) is 9.59 Å². The normalized spacial score (nSPS) is 20.7. The Morgan fingerprint density at radius 1 is 0.704 bits per heavy atom. The van der Waals surface area contributed by atoms with Crippen molar-refractivity contribution in [3.63, 3.8) is 0 Å². The number of hydrogen-bond donors (Lipinski definition) is 3. The maximum Gasteiger partial charge on any atom is 0.328 e. The summed E-state index contributed by atoms with van der Waals surface area (Å²) in [5, 5.41) is 15.7. The van der Waals surface area contributed by atoms with Crippen LogP contribution in [-0.4, -0.2) is 105 Å². The number of phenolic OH excluding ortho intramolecular Hbond substituents is 1. The summed E-state index contributed by atoms with van der Waals surface area (Å²) >= 11 is 0. The molecule has 0 spiro atoms. The van der Waals surface area contributed by atoms with Crippen molar-refractivity contribution in [2.45, 2.75) is 31.1 Å². The van der Waals surface area contributed by atoms with Gasteiger partial charge in [0.1, 0.15) is 5.75 Å². The third kappa shape index (κ3) is 7.72. The first-order valence-corrected chi connectivity index (χ1v) is 19.3. The lowest BCUT2D eigenvalue weighted by atomic mass is 9.69. The molecule has 1 aliphatic carbocycles. The fourth-order valence-electron chi connectivity index (χ4n) is 8.65. The zero-order valence-electron chi connectivity index (χ0n) is 30.7. The van der Waals surface area contributed by atoms with Crippen LogP contribution in [0.5, 0.6) is 5.75 Å². The number of benzene rings is 4. The minimum absolute atomic E-state index is 0.0127. The predicted octanol–water partition coefficient (Wildman–Crippen LogP) is 5.35. The fourth-order valence-corrected chi connectivity index (χ4v) is 8.65. The minimum Gasteiger partial charge on any atom is -0.508 e. The number of nitrogens with one attached hydrogen (secondary N) is 2. The Morgan fingerprint density at radius 2 is 1.35 bits per heavy atom. The molecule has 4 aromatic rings. The van der Waals surface area contributed by atoms with Crippen molar-refractivity contribution in [2.24, 2.45) is 0 Å². The van der Waals surface area contributed by atoms with Crippen molar-refractivity contribution in [2.75, 3.05) is 86.7 Å². The number of carbonyl (C=O) groups is 3. The number of nitrogens with zero attached hydrogens (tertiary/aromatic N) is 5. The second-order valence-corrected chi connectivity index (χ2v) is 14.8. The highest BCUT2D eigenvalue weighted by Crippen LogP contribution is 2.47. The third-order valence-electron chi connectivity index (χ3n) is 11.7. The summed E-state index contributed by atoms with van der Waals surface area (Å²) in [7, 11) is 0. The molecule has 2 atom stereocenters. The van der Waals surface area contributed by atoms with Gasteiger partial charge in [0, 0.05) is 101 Å². The van der Waals surface area contributed by atoms with Crippen LogP contribution in [0.4, 0.5) is 26.7 Å². The molecule has 3 N–H and O–H groups in total. The smallest absolute Gasteiger partial charge is 0.328 e. The SMILES string of the molecule is O=C1CCN(c2ccc(N3CCN(C(=O)NCCN4CCN(c5ccc([C@@H]6c7ccc(O)cc7CC[C@@H]6c6ccccc6)cc5)CC4)CC3)cc2)C(=O)N1. The summed E-state index contributed by atoms with van der Waals surface area (Å²) < 4.78 is 0. The number of aryl methyl sites for hydroxylation is 1. The van der Waals surface area contributed by atoms with Crippen LogP contribution < -0.4 is 25.3 Å². The van der Waals surface area contributed by atoms with Crippen LogP contribution >= 0.6 is 0 Å². The lowest BCUT2D eigenvalue weighted by Gasteiger charge is -2.38. The first kappa shape index (κ1) is 35.5. The highest BCUT2D eigenvalue weighted by atomic mass is 16.3. The molecular formula is C43H49N7O4. The molecule has 0 radical (unpaired) electrons. The Balaban J connectivity index is 0.785. The average Bonchev–Trinajstić information content (AvgIpc) is 3.21. The number of anilines is 3. The number of urea groups is 2. The maximum atomic E-state index is 13.0. The lowest BCUT2D eigenvalue weighted by Crippen LogP contribution is -2.53. The molecule has 3 heterocycles. The van der Waals surface area contributed by atoms with Crippen LogP contribution in [0, 0.1) is 0 Å². The molecule has 8 rings (SSSR count). The molecule has 54 heavy (non-hydrogen) atoms. The number of hydrogen-bond acceptors (Lipinski definition) is 7. The van der Waals surface area contributed by atoms with Gasteiger partial charge in [-0.1, -0.05) is 48.5 Å². The van der Waals surface area contributed by atoms with Gasteiger partial charge in [-0.15, -0.1) is 0 Å². The van der Waals surface area contributed by atoms with Gasteiger partial charge < -0.3 is 25.1 Å². The molecule has 3 fully saturated rings. The number of carbonyl (C=O) groups excluding carboxylic acids is 3. The van der Waals surface area contributed by atoms with Crippen LogP contribution in [0.2, 0.25) is 0 Å². The van der Waals surface area contributed by atoms with Gasteiger partial charge in [0.2, 0.25) is 5.91 Å². The standard InChI is InChI=1S/C43H49N7O4/c51-37-15-17-39-33(30-37)8-16-38(31-4-2-1-3-5-31)41(39)32-6-9-34(10-7-32)47-24-22-46(23-25-47)21-19-44-42(53)49-28-26-48(27-29-49)35-11-13-36(14-12-35)50-20-18-40(52)45-43(50)54/h1-7,9-15,17,30,38,41,51H,8,16,18-29H2,(H,44,53)(H,45,52,54)/t38-,41+/m1/s1. The first-order valence-electron chi connectivity index (χ1n) is 19.3. The second kappa shape index (κ2) is 15.8. The molecule has 11 nitrogen and oxygen atoms in total. The lowest BCUT2D eigenvalue weighted by molar-refractivity contribution is -0.120. The topological polar surface area (TPSA) is 112 Å². The summed E-state index contributed by atoms with van der Waals surface area (Å²) in [6.45, 7) is 8.37. The van der Waals surface area contributed by atoms with Crippen LogP contribution in [-0.2, 0) is 11.2 Å². The number of rotatable bonds is 8. The van der Waals surface area contributed by atoms with Gasteiger partial charge in [0.15, 0.2) is 0 Å². The fraction of sp³-hybridized carbons (Fsp3) is 0.372. The second-order valence-electron chi connectivity index (χ2n) is 14.8. The highest BCUT2D eigenvalue weighted by molar-refractivity contribution is 6.05. The highest BCUT2D eigenvalue weighted by Gasteiger charge is 2.32. The van der Waals surface area contributed by atoms with Gasteiger partial charge >= 0.3 is 12.1 Å². The zero-order chi connectivity index (χ0) is 37.0. The summed E-state index contributed by atoms with van der Waals surface area (Å²) in [6.07, 6.45) is 2.32. The Bertz CT molecular complexity index is 1940. The molecule has 280 valence electrons. The van der Waals surface area contributed by atoms with Crippen LogP contribution in [0.15, 0.2) is 97.1 Å². The van der Waals surface area contributed by atoms with Crippen molar-refractivity contribution < 1.29 is 19.5 Å². The van der Waals surface area contributed by atoms with E-state index in [0.717, 1.165) is 70.0 Å². The molecule has 3 saturated heterocycles. The van der Waals surface area contributed by atoms with Crippen molar-refractivity contribution in [1.29, 1.82) is 0 Å². The van der Waals surface area contributed by atoms with Crippen molar-refractivity contribution in [3.8, 4) is 5.75 Å². The quantitative estimate of drug-likeness (QED) is 0.225. The molecule has 11 heteroatoms.